The molecular weight excluding hydrogens is 436 g/mol. The predicted molar refractivity (Wildman–Crippen MR) is 118 cm³/mol. The number of benzene rings is 1. The summed E-state index contributed by atoms with van der Waals surface area (Å²) in [5, 5.41) is 13.7. The van der Waals surface area contributed by atoms with Crippen LogP contribution in [0.15, 0.2) is 27.9 Å². The molecule has 1 aliphatic heterocycles. The van der Waals surface area contributed by atoms with Crippen LogP contribution in [0.1, 0.15) is 12.6 Å². The number of rotatable bonds is 6. The van der Waals surface area contributed by atoms with Crippen LogP contribution >= 0.6 is 0 Å². The largest absolute Gasteiger partial charge is 0.493 e. The monoisotopic (exact) mass is 462 g/mol. The van der Waals surface area contributed by atoms with Crippen LogP contribution in [-0.2, 0) is 23.7 Å². The van der Waals surface area contributed by atoms with Gasteiger partial charge in [-0.3, -0.25) is 9.48 Å². The Kier molecular flexibility index (Phi) is 6.03. The fraction of sp³-hybridized carbons (Fsp3) is 0.450. The van der Waals surface area contributed by atoms with Crippen molar-refractivity contribution in [2.75, 3.05) is 39.8 Å². The summed E-state index contributed by atoms with van der Waals surface area (Å²) < 4.78 is 35.0. The Balaban J connectivity index is 1.86. The number of piperazine rings is 1. The maximum atomic E-state index is 13.3. The molecule has 0 radical (unpaired) electrons. The van der Waals surface area contributed by atoms with Crippen LogP contribution in [0.3, 0.4) is 0 Å². The summed E-state index contributed by atoms with van der Waals surface area (Å²) in [5.74, 6) is 0.533. The van der Waals surface area contributed by atoms with Gasteiger partial charge >= 0.3 is 0 Å². The second-order valence-electron chi connectivity index (χ2n) is 7.64. The Labute approximate surface area is 185 Å². The Morgan fingerprint density at radius 1 is 1.19 bits per heavy atom. The Hall–Kier alpha value is -2.80. The molecular formula is C20H26N6O5S. The van der Waals surface area contributed by atoms with Crippen molar-refractivity contribution in [3.63, 3.8) is 0 Å². The molecule has 0 amide bonds. The number of H-pyrrole nitrogens is 1. The van der Waals surface area contributed by atoms with E-state index in [1.165, 1.54) is 21.1 Å². The van der Waals surface area contributed by atoms with E-state index in [1.54, 1.807) is 13.1 Å². The smallest absolute Gasteiger partial charge is 0.277 e. The molecule has 0 aliphatic carbocycles. The number of sulfonamides is 1. The molecule has 2 N–H and O–H groups in total. The molecule has 11 nitrogen and oxygen atoms in total. The van der Waals surface area contributed by atoms with Crippen LogP contribution in [0, 0.1) is 0 Å². The zero-order valence-electron chi connectivity index (χ0n) is 18.2. The summed E-state index contributed by atoms with van der Waals surface area (Å²) in [5.41, 5.74) is 0.623. The van der Waals surface area contributed by atoms with E-state index in [0.29, 0.717) is 44.1 Å². The van der Waals surface area contributed by atoms with Gasteiger partial charge in [-0.15, -0.1) is 0 Å². The predicted octanol–water partition coefficient (Wildman–Crippen LogP) is 0.151. The van der Waals surface area contributed by atoms with Gasteiger partial charge in [0.05, 0.1) is 23.7 Å². The zero-order valence-corrected chi connectivity index (χ0v) is 19.0. The lowest BCUT2D eigenvalue weighted by atomic mass is 10.2. The van der Waals surface area contributed by atoms with E-state index >= 15 is 0 Å². The minimum atomic E-state index is -3.73. The van der Waals surface area contributed by atoms with Crippen LogP contribution in [-0.4, -0.2) is 82.3 Å². The van der Waals surface area contributed by atoms with Gasteiger partial charge in [0.25, 0.3) is 5.56 Å². The highest BCUT2D eigenvalue weighted by Gasteiger charge is 2.29. The highest BCUT2D eigenvalue weighted by atomic mass is 32.2. The molecule has 172 valence electrons. The number of hydrogen-bond acceptors (Lipinski definition) is 8. The van der Waals surface area contributed by atoms with Gasteiger partial charge in [0.15, 0.2) is 5.52 Å². The van der Waals surface area contributed by atoms with Crippen LogP contribution in [0.4, 0.5) is 0 Å². The maximum absolute atomic E-state index is 13.3. The first-order valence-corrected chi connectivity index (χ1v) is 11.7. The topological polar surface area (TPSA) is 134 Å². The van der Waals surface area contributed by atoms with Crippen molar-refractivity contribution in [1.82, 2.24) is 29.0 Å². The lowest BCUT2D eigenvalue weighted by molar-refractivity contribution is 0.222. The number of aryl methyl sites for hydroxylation is 1. The lowest BCUT2D eigenvalue weighted by Crippen LogP contribution is -2.47. The van der Waals surface area contributed by atoms with Gasteiger partial charge in [0, 0.05) is 33.2 Å². The summed E-state index contributed by atoms with van der Waals surface area (Å²) in [6, 6.07) is 4.54. The highest BCUT2D eigenvalue weighted by Crippen LogP contribution is 2.32. The molecule has 0 bridgehead atoms. The molecule has 1 fully saturated rings. The molecule has 0 unspecified atom stereocenters. The normalized spacial score (nSPS) is 16.0. The third kappa shape index (κ3) is 3.90. The van der Waals surface area contributed by atoms with Crippen molar-refractivity contribution in [2.45, 2.75) is 18.4 Å². The van der Waals surface area contributed by atoms with E-state index in [1.807, 2.05) is 14.0 Å². The van der Waals surface area contributed by atoms with Gasteiger partial charge in [0.1, 0.15) is 22.8 Å². The second kappa shape index (κ2) is 8.62. The van der Waals surface area contributed by atoms with E-state index in [4.69, 9.17) is 4.74 Å². The molecule has 0 spiro atoms. The summed E-state index contributed by atoms with van der Waals surface area (Å²) in [6.45, 7) is 3.88. The molecule has 12 heteroatoms. The minimum absolute atomic E-state index is 0.0943. The van der Waals surface area contributed by atoms with Gasteiger partial charge in [-0.1, -0.05) is 0 Å². The van der Waals surface area contributed by atoms with E-state index in [2.05, 4.69) is 20.0 Å². The van der Waals surface area contributed by atoms with Crippen molar-refractivity contribution in [3.05, 3.63) is 34.2 Å². The van der Waals surface area contributed by atoms with E-state index in [0.717, 1.165) is 0 Å². The van der Waals surface area contributed by atoms with Crippen molar-refractivity contribution < 1.29 is 18.3 Å². The Morgan fingerprint density at radius 2 is 1.91 bits per heavy atom. The van der Waals surface area contributed by atoms with Gasteiger partial charge in [-0.05, 0) is 32.2 Å². The minimum Gasteiger partial charge on any atom is -0.493 e. The number of hydrogen-bond donors (Lipinski definition) is 2. The number of likely N-dealkylation sites (N-methyl/N-ethyl adjacent to an activating group) is 1. The second-order valence-corrected chi connectivity index (χ2v) is 9.58. The number of aliphatic hydroxyl groups excluding tert-OH is 1. The summed E-state index contributed by atoms with van der Waals surface area (Å²) >= 11 is 0. The van der Waals surface area contributed by atoms with Crippen molar-refractivity contribution >= 4 is 21.1 Å². The quantitative estimate of drug-likeness (QED) is 0.529. The van der Waals surface area contributed by atoms with Gasteiger partial charge in [-0.25, -0.2) is 13.4 Å². The molecule has 0 saturated carbocycles. The number of aromatic nitrogens is 4. The number of nitrogens with zero attached hydrogens (tertiary/aromatic N) is 5. The number of aromatic amines is 1. The van der Waals surface area contributed by atoms with E-state index < -0.39 is 15.6 Å². The molecule has 1 aromatic carbocycles. The average molecular weight is 463 g/mol. The van der Waals surface area contributed by atoms with Crippen molar-refractivity contribution in [2.24, 2.45) is 7.05 Å². The fourth-order valence-corrected chi connectivity index (χ4v) is 5.24. The molecule has 1 saturated heterocycles. The van der Waals surface area contributed by atoms with Crippen LogP contribution < -0.4 is 10.3 Å². The molecule has 2 aromatic heterocycles. The lowest BCUT2D eigenvalue weighted by Gasteiger charge is -2.31. The highest BCUT2D eigenvalue weighted by molar-refractivity contribution is 7.89. The molecule has 32 heavy (non-hydrogen) atoms. The third-order valence-electron chi connectivity index (χ3n) is 5.52. The first-order valence-electron chi connectivity index (χ1n) is 10.3. The summed E-state index contributed by atoms with van der Waals surface area (Å²) in [4.78, 5) is 22.1. The number of fused-ring (bicyclic) bond motifs is 1. The molecule has 1 aliphatic rings. The van der Waals surface area contributed by atoms with E-state index in [9.17, 15) is 18.3 Å². The Morgan fingerprint density at radius 3 is 2.56 bits per heavy atom. The first kappa shape index (κ1) is 22.4. The summed E-state index contributed by atoms with van der Waals surface area (Å²) in [7, 11) is -0.189. The van der Waals surface area contributed by atoms with Crippen LogP contribution in [0.5, 0.6) is 5.75 Å². The third-order valence-corrected chi connectivity index (χ3v) is 7.41. The molecule has 3 aromatic rings. The van der Waals surface area contributed by atoms with Crippen molar-refractivity contribution in [3.8, 4) is 17.1 Å². The van der Waals surface area contributed by atoms with Gasteiger partial charge in [-0.2, -0.15) is 9.40 Å². The fourth-order valence-electron chi connectivity index (χ4n) is 3.79. The van der Waals surface area contributed by atoms with E-state index in [-0.39, 0.29) is 34.1 Å². The van der Waals surface area contributed by atoms with Crippen molar-refractivity contribution in [1.29, 1.82) is 0 Å². The summed E-state index contributed by atoms with van der Waals surface area (Å²) in [6.07, 6.45) is 0. The average Bonchev–Trinajstić information content (AvgIpc) is 3.10. The molecule has 3 heterocycles. The standard InChI is InChI=1S/C20H26N6O5S/c1-4-31-16-6-5-13(32(29,30)26-9-7-24(2)8-10-26)11-14(16)19-21-17-15(12-27)23-25(3)18(17)20(28)22-19/h5-6,11,27H,4,7-10,12H2,1-3H3,(H,21,22,28). The van der Waals surface area contributed by atoms with Crippen LogP contribution in [0.2, 0.25) is 0 Å². The van der Waals surface area contributed by atoms with Gasteiger partial charge in [0.2, 0.25) is 10.0 Å². The first-order chi connectivity index (χ1) is 15.3. The Bertz CT molecular complexity index is 1310. The maximum Gasteiger partial charge on any atom is 0.277 e. The number of ether oxygens (including phenoxy) is 1. The number of aliphatic hydroxyl groups is 1. The molecule has 4 rings (SSSR count). The molecule has 0 atom stereocenters. The SMILES string of the molecule is CCOc1ccc(S(=O)(=O)N2CCN(C)CC2)cc1-c1nc2c(CO)nn(C)c2c(=O)[nH]1. The van der Waals surface area contributed by atoms with Crippen LogP contribution in [0.25, 0.3) is 22.4 Å². The zero-order chi connectivity index (χ0) is 23.0. The van der Waals surface area contributed by atoms with Gasteiger partial charge < -0.3 is 19.7 Å². The number of nitrogens with one attached hydrogen (secondary N) is 1.